The highest BCUT2D eigenvalue weighted by Gasteiger charge is 2.02. The number of rotatable bonds is 12. The molecule has 0 saturated carbocycles. The molecule has 0 bridgehead atoms. The van der Waals surface area contributed by atoms with Gasteiger partial charge in [-0.1, -0.05) is 80.1 Å². The van der Waals surface area contributed by atoms with Crippen molar-refractivity contribution in [2.45, 2.75) is 47.5 Å². The number of benzene rings is 6. The maximum atomic E-state index is 11.2. The van der Waals surface area contributed by atoms with Crippen molar-refractivity contribution in [3.63, 3.8) is 0 Å². The smallest absolute Gasteiger partial charge is 0.160 e. The minimum absolute atomic E-state index is 0.0420. The Morgan fingerprint density at radius 3 is 1.58 bits per heavy atom. The summed E-state index contributed by atoms with van der Waals surface area (Å²) >= 11 is 0. The Kier molecular flexibility index (Phi) is 23.1. The molecular weight excluding hydrogens is 755 g/mol. The summed E-state index contributed by atoms with van der Waals surface area (Å²) in [6.07, 6.45) is 3.99. The second-order valence-electron chi connectivity index (χ2n) is 13.3. The predicted octanol–water partition coefficient (Wildman–Crippen LogP) is 12.0. The van der Waals surface area contributed by atoms with Crippen LogP contribution in [0, 0.1) is 6.92 Å². The lowest BCUT2D eigenvalue weighted by atomic mass is 10.1. The number of Topliss-reactive ketones (excluding diaryl/α,β-unsaturated/α-hetero) is 3. The van der Waals surface area contributed by atoms with E-state index in [-0.39, 0.29) is 17.3 Å². The molecule has 316 valence electrons. The third-order valence-electron chi connectivity index (χ3n) is 8.47. The van der Waals surface area contributed by atoms with E-state index in [4.69, 9.17) is 18.9 Å². The van der Waals surface area contributed by atoms with E-state index in [1.807, 2.05) is 104 Å². The Morgan fingerprint density at radius 2 is 1.07 bits per heavy atom. The molecule has 0 atom stereocenters. The summed E-state index contributed by atoms with van der Waals surface area (Å²) in [5.74, 6) is 3.54. The van der Waals surface area contributed by atoms with Crippen molar-refractivity contribution in [3.05, 3.63) is 161 Å². The Bertz CT molecular complexity index is 2150. The van der Waals surface area contributed by atoms with Crippen LogP contribution < -0.4 is 18.9 Å². The Labute approximate surface area is 356 Å². The maximum absolute atomic E-state index is 11.2. The van der Waals surface area contributed by atoms with Crippen molar-refractivity contribution in [3.8, 4) is 23.0 Å². The first kappa shape index (κ1) is 49.6. The number of fused-ring (bicyclic) bond motifs is 1. The van der Waals surface area contributed by atoms with Gasteiger partial charge in [-0.2, -0.15) is 0 Å². The number of hydrogen-bond acceptors (Lipinski definition) is 9. The number of carbonyl (C=O) groups excluding carboxylic acids is 3. The van der Waals surface area contributed by atoms with Gasteiger partial charge >= 0.3 is 0 Å². The number of methoxy groups -OCH3 is 4. The molecule has 0 amide bonds. The third kappa shape index (κ3) is 18.3. The maximum Gasteiger partial charge on any atom is 0.160 e. The molecule has 0 aliphatic rings. The molecule has 6 aromatic carbocycles. The molecule has 0 aliphatic heterocycles. The molecule has 0 fully saturated rings. The number of ether oxygens (including phenoxy) is 5. The summed E-state index contributed by atoms with van der Waals surface area (Å²) in [6.45, 7) is 9.63. The minimum Gasteiger partial charge on any atom is -0.497 e. The van der Waals surface area contributed by atoms with Crippen LogP contribution in [0.25, 0.3) is 10.8 Å². The molecule has 0 heterocycles. The van der Waals surface area contributed by atoms with E-state index >= 15 is 0 Å². The first-order valence-electron chi connectivity index (χ1n) is 19.5. The second-order valence-corrected chi connectivity index (χ2v) is 13.3. The van der Waals surface area contributed by atoms with Gasteiger partial charge in [0.15, 0.2) is 28.8 Å². The van der Waals surface area contributed by atoms with Gasteiger partial charge in [-0.15, -0.1) is 0 Å². The van der Waals surface area contributed by atoms with Gasteiger partial charge in [0.05, 0.1) is 33.6 Å². The Balaban J connectivity index is 0.000000276. The molecule has 9 nitrogen and oxygen atoms in total. The van der Waals surface area contributed by atoms with Crippen LogP contribution in [0.4, 0.5) is 5.69 Å². The van der Waals surface area contributed by atoms with E-state index in [0.717, 1.165) is 64.6 Å². The molecular formula is C51H59NO8. The molecule has 0 radical (unpaired) electrons. The molecule has 0 aliphatic carbocycles. The summed E-state index contributed by atoms with van der Waals surface area (Å²) in [5, 5.41) is 2.29. The van der Waals surface area contributed by atoms with Crippen LogP contribution in [-0.2, 0) is 4.74 Å². The van der Waals surface area contributed by atoms with Crippen molar-refractivity contribution < 1.29 is 38.1 Å². The highest BCUT2D eigenvalue weighted by atomic mass is 16.5. The van der Waals surface area contributed by atoms with Gasteiger partial charge in [0.2, 0.25) is 0 Å². The number of ketones is 3. The zero-order valence-corrected chi connectivity index (χ0v) is 36.6. The van der Waals surface area contributed by atoms with Gasteiger partial charge in [0.1, 0.15) is 11.5 Å². The fourth-order valence-corrected chi connectivity index (χ4v) is 5.09. The average Bonchev–Trinajstić information content (AvgIpc) is 3.27. The van der Waals surface area contributed by atoms with Crippen LogP contribution in [0.5, 0.6) is 23.0 Å². The molecule has 0 saturated heterocycles. The number of nitrogens with zero attached hydrogens (tertiary/aromatic N) is 1. The lowest BCUT2D eigenvalue weighted by Gasteiger charge is -2.06. The molecule has 0 unspecified atom stereocenters. The van der Waals surface area contributed by atoms with Crippen LogP contribution in [0.1, 0.15) is 82.7 Å². The topological polar surface area (TPSA) is 110 Å². The van der Waals surface area contributed by atoms with E-state index < -0.39 is 0 Å². The third-order valence-corrected chi connectivity index (χ3v) is 8.47. The zero-order valence-electron chi connectivity index (χ0n) is 36.6. The van der Waals surface area contributed by atoms with Crippen molar-refractivity contribution in [2.75, 3.05) is 42.2 Å². The number of aliphatic imine (C=N–C) groups is 1. The second kappa shape index (κ2) is 27.9. The van der Waals surface area contributed by atoms with Gasteiger partial charge in [-0.25, -0.2) is 0 Å². The quantitative estimate of drug-likeness (QED) is 0.0682. The van der Waals surface area contributed by atoms with Crippen LogP contribution in [0.15, 0.2) is 138 Å². The first-order valence-corrected chi connectivity index (χ1v) is 19.5. The van der Waals surface area contributed by atoms with E-state index in [0.29, 0.717) is 11.1 Å². The summed E-state index contributed by atoms with van der Waals surface area (Å²) in [4.78, 5) is 37.7. The molecule has 0 spiro atoms. The normalized spacial score (nSPS) is 9.90. The number of carbonyl (C=O) groups is 3. The van der Waals surface area contributed by atoms with Crippen molar-refractivity contribution >= 4 is 40.0 Å². The molecule has 0 aromatic heterocycles. The van der Waals surface area contributed by atoms with Gasteiger partial charge in [-0.3, -0.25) is 19.4 Å². The number of hydrogen-bond donors (Lipinski definition) is 0. The highest BCUT2D eigenvalue weighted by Crippen LogP contribution is 2.27. The Morgan fingerprint density at radius 1 is 0.550 bits per heavy atom. The molecule has 9 heteroatoms. The van der Waals surface area contributed by atoms with Gasteiger partial charge < -0.3 is 23.7 Å². The van der Waals surface area contributed by atoms with E-state index in [9.17, 15) is 14.4 Å². The minimum atomic E-state index is 0.0420. The predicted molar refractivity (Wildman–Crippen MR) is 245 cm³/mol. The highest BCUT2D eigenvalue weighted by molar-refractivity contribution is 5.98. The summed E-state index contributed by atoms with van der Waals surface area (Å²) in [6, 6.07) is 41.7. The monoisotopic (exact) mass is 813 g/mol. The van der Waals surface area contributed by atoms with Crippen molar-refractivity contribution in [1.29, 1.82) is 0 Å². The number of aryl methyl sites for hydroxylation is 1. The van der Waals surface area contributed by atoms with Gasteiger partial charge in [-0.05, 0) is 123 Å². The molecule has 60 heavy (non-hydrogen) atoms. The number of unbranched alkanes of at least 4 members (excludes halogenated alkanes) is 1. The van der Waals surface area contributed by atoms with Crippen LogP contribution in [0.3, 0.4) is 0 Å². The SMILES string of the molecule is CC(=O)c1ccc(C=Nc2ccc(C(C)=O)cc2)cc1.CC(=O)c1ccc2ccccc2c1.CCCCOc1ccc(OC)cc1.COC.COc1ccc(C)cc1OC. The molecule has 0 N–H and O–H groups in total. The summed E-state index contributed by atoms with van der Waals surface area (Å²) in [5.41, 5.74) is 5.01. The largest absolute Gasteiger partial charge is 0.497 e. The Hall–Kier alpha value is -6.58. The summed E-state index contributed by atoms with van der Waals surface area (Å²) in [7, 11) is 8.18. The van der Waals surface area contributed by atoms with Gasteiger partial charge in [0.25, 0.3) is 0 Å². The average molecular weight is 814 g/mol. The fourth-order valence-electron chi connectivity index (χ4n) is 5.09. The van der Waals surface area contributed by atoms with Gasteiger partial charge in [0, 0.05) is 37.1 Å². The zero-order chi connectivity index (χ0) is 44.3. The first-order chi connectivity index (χ1) is 28.9. The van der Waals surface area contributed by atoms with Crippen molar-refractivity contribution in [2.24, 2.45) is 4.99 Å². The van der Waals surface area contributed by atoms with Crippen LogP contribution in [-0.4, -0.2) is 65.7 Å². The van der Waals surface area contributed by atoms with E-state index in [1.165, 1.54) is 17.9 Å². The summed E-state index contributed by atoms with van der Waals surface area (Å²) < 4.78 is 24.9. The van der Waals surface area contributed by atoms with E-state index in [1.54, 1.807) is 92.0 Å². The molecule has 6 aromatic rings. The lowest BCUT2D eigenvalue weighted by Crippen LogP contribution is -1.95. The van der Waals surface area contributed by atoms with Crippen LogP contribution >= 0.6 is 0 Å². The van der Waals surface area contributed by atoms with E-state index in [2.05, 4.69) is 16.7 Å². The molecule has 6 rings (SSSR count). The standard InChI is InChI=1S/C17H15NO2.C12H10O.C11H16O2.C9H12O2.C2H6O/c1-12(19)15-5-3-14(4-6-15)11-18-17-9-7-16(8-10-17)13(2)20;1-9(13)11-7-6-10-4-2-3-5-12(10)8-11;1-3-4-9-13-11-7-5-10(12-2)6-8-11;1-7-4-5-8(10-2)9(6-7)11-3;1-3-2/h3-11H,1-2H3;2-8H,1H3;5-8H,3-4,9H2,1-2H3;4-6H,1-3H3;1-2H3. The fraction of sp³-hybridized carbons (Fsp3) is 0.255. The van der Waals surface area contributed by atoms with Crippen LogP contribution in [0.2, 0.25) is 0 Å². The lowest BCUT2D eigenvalue weighted by molar-refractivity contribution is 0.100. The van der Waals surface area contributed by atoms with Crippen molar-refractivity contribution in [1.82, 2.24) is 0 Å².